The van der Waals surface area contributed by atoms with Gasteiger partial charge in [-0.2, -0.15) is 0 Å². The third-order valence-corrected chi connectivity index (χ3v) is 8.95. The highest BCUT2D eigenvalue weighted by Crippen LogP contribution is 2.67. The number of rotatable bonds is 3. The van der Waals surface area contributed by atoms with Gasteiger partial charge >= 0.3 is 0 Å². The molecule has 0 saturated heterocycles. The number of amides is 1. The second kappa shape index (κ2) is 7.40. The van der Waals surface area contributed by atoms with Crippen molar-refractivity contribution >= 4 is 56.6 Å². The molecule has 6 rings (SSSR count). The SMILES string of the molecule is CCN(C(=O)C12CCC(c3nc4cc(Cl)c(Cl)cc4nc31)C2(C)C)c1cccc2ccccc12. The topological polar surface area (TPSA) is 46.1 Å². The lowest BCUT2D eigenvalue weighted by molar-refractivity contribution is -0.127. The Labute approximate surface area is 208 Å². The summed E-state index contributed by atoms with van der Waals surface area (Å²) in [6.07, 6.45) is 1.68. The highest BCUT2D eigenvalue weighted by Gasteiger charge is 2.68. The third kappa shape index (κ3) is 2.70. The first-order valence-corrected chi connectivity index (χ1v) is 12.5. The predicted molar refractivity (Wildman–Crippen MR) is 139 cm³/mol. The summed E-state index contributed by atoms with van der Waals surface area (Å²) in [5.74, 6) is 0.273. The average Bonchev–Trinajstić information content (AvgIpc) is 3.20. The van der Waals surface area contributed by atoms with Crippen LogP contribution in [-0.4, -0.2) is 22.4 Å². The molecule has 0 aliphatic heterocycles. The molecule has 1 amide bonds. The van der Waals surface area contributed by atoms with Crippen molar-refractivity contribution in [1.82, 2.24) is 9.97 Å². The lowest BCUT2D eigenvalue weighted by Gasteiger charge is -2.40. The van der Waals surface area contributed by atoms with E-state index in [2.05, 4.69) is 32.0 Å². The molecule has 2 aliphatic carbocycles. The van der Waals surface area contributed by atoms with Gasteiger partial charge in [0.05, 0.1) is 43.6 Å². The van der Waals surface area contributed by atoms with Crippen molar-refractivity contribution in [3.05, 3.63) is 76.0 Å². The Morgan fingerprint density at radius 3 is 2.44 bits per heavy atom. The molecule has 172 valence electrons. The highest BCUT2D eigenvalue weighted by molar-refractivity contribution is 6.42. The number of halogens is 2. The van der Waals surface area contributed by atoms with Crippen LogP contribution in [0.25, 0.3) is 21.8 Å². The first-order chi connectivity index (χ1) is 16.3. The third-order valence-electron chi connectivity index (χ3n) is 8.23. The van der Waals surface area contributed by atoms with E-state index in [9.17, 15) is 4.79 Å². The van der Waals surface area contributed by atoms with E-state index in [1.807, 2.05) is 36.1 Å². The number of likely N-dealkylation sites (N-methyl/N-ethyl adjacent to an activating group) is 1. The monoisotopic (exact) mass is 489 g/mol. The lowest BCUT2D eigenvalue weighted by Crippen LogP contribution is -2.52. The fraction of sp³-hybridized carbons (Fsp3) is 0.321. The number of hydrogen-bond donors (Lipinski definition) is 0. The van der Waals surface area contributed by atoms with Gasteiger partial charge in [-0.1, -0.05) is 73.4 Å². The summed E-state index contributed by atoms with van der Waals surface area (Å²) in [4.78, 5) is 26.6. The molecule has 2 bridgehead atoms. The summed E-state index contributed by atoms with van der Waals surface area (Å²) >= 11 is 12.6. The molecule has 2 atom stereocenters. The number of fused-ring (bicyclic) bond motifs is 7. The number of benzene rings is 3. The molecule has 2 aliphatic rings. The van der Waals surface area contributed by atoms with E-state index in [4.69, 9.17) is 33.2 Å². The Morgan fingerprint density at radius 2 is 1.71 bits per heavy atom. The molecule has 3 aromatic carbocycles. The Bertz CT molecular complexity index is 1490. The summed E-state index contributed by atoms with van der Waals surface area (Å²) in [6, 6.07) is 17.9. The minimum Gasteiger partial charge on any atom is -0.311 e. The molecule has 0 N–H and O–H groups in total. The number of carbonyl (C=O) groups excluding carboxylic acids is 1. The van der Waals surface area contributed by atoms with E-state index in [0.717, 1.165) is 46.2 Å². The minimum absolute atomic E-state index is 0.103. The fourth-order valence-corrected chi connectivity index (χ4v) is 6.76. The minimum atomic E-state index is -0.743. The predicted octanol–water partition coefficient (Wildman–Crippen LogP) is 7.30. The molecular weight excluding hydrogens is 465 g/mol. The zero-order chi connectivity index (χ0) is 23.8. The summed E-state index contributed by atoms with van der Waals surface area (Å²) in [6.45, 7) is 7.02. The van der Waals surface area contributed by atoms with Crippen LogP contribution in [0.3, 0.4) is 0 Å². The first kappa shape index (κ1) is 21.8. The Kier molecular flexibility index (Phi) is 4.75. The van der Waals surface area contributed by atoms with Crippen LogP contribution in [0.2, 0.25) is 10.0 Å². The van der Waals surface area contributed by atoms with E-state index >= 15 is 0 Å². The maximum Gasteiger partial charge on any atom is 0.239 e. The van der Waals surface area contributed by atoms with Crippen molar-refractivity contribution in [3.63, 3.8) is 0 Å². The van der Waals surface area contributed by atoms with Crippen molar-refractivity contribution in [2.75, 3.05) is 11.4 Å². The quantitative estimate of drug-likeness (QED) is 0.303. The number of nitrogens with zero attached hydrogens (tertiary/aromatic N) is 3. The molecule has 4 aromatic rings. The van der Waals surface area contributed by atoms with Gasteiger partial charge in [-0.3, -0.25) is 4.79 Å². The Balaban J connectivity index is 1.57. The molecular formula is C28H25Cl2N3O. The van der Waals surface area contributed by atoms with Crippen LogP contribution < -0.4 is 4.90 Å². The highest BCUT2D eigenvalue weighted by atomic mass is 35.5. The van der Waals surface area contributed by atoms with Crippen molar-refractivity contribution in [3.8, 4) is 0 Å². The van der Waals surface area contributed by atoms with Gasteiger partial charge in [-0.25, -0.2) is 9.97 Å². The largest absolute Gasteiger partial charge is 0.311 e. The van der Waals surface area contributed by atoms with Crippen LogP contribution in [0.1, 0.15) is 50.9 Å². The van der Waals surface area contributed by atoms with Crippen LogP contribution in [0.15, 0.2) is 54.6 Å². The van der Waals surface area contributed by atoms with E-state index in [0.29, 0.717) is 22.1 Å². The second-order valence-corrected chi connectivity index (χ2v) is 10.8. The summed E-state index contributed by atoms with van der Waals surface area (Å²) in [5.41, 5.74) is 3.03. The Hall–Kier alpha value is -2.69. The Morgan fingerprint density at radius 1 is 1.03 bits per heavy atom. The van der Waals surface area contributed by atoms with Crippen molar-refractivity contribution in [1.29, 1.82) is 0 Å². The van der Waals surface area contributed by atoms with Gasteiger partial charge in [0.2, 0.25) is 5.91 Å². The molecule has 6 heteroatoms. The lowest BCUT2D eigenvalue weighted by atomic mass is 9.67. The van der Waals surface area contributed by atoms with Gasteiger partial charge in [0.25, 0.3) is 0 Å². The average molecular weight is 490 g/mol. The second-order valence-electron chi connectivity index (χ2n) is 9.98. The van der Waals surface area contributed by atoms with Gasteiger partial charge in [-0.05, 0) is 48.8 Å². The van der Waals surface area contributed by atoms with Crippen LogP contribution in [0.4, 0.5) is 5.69 Å². The zero-order valence-corrected chi connectivity index (χ0v) is 20.9. The van der Waals surface area contributed by atoms with E-state index in [1.54, 1.807) is 12.1 Å². The molecule has 1 fully saturated rings. The molecule has 0 spiro atoms. The van der Waals surface area contributed by atoms with E-state index in [1.165, 1.54) is 0 Å². The number of anilines is 1. The van der Waals surface area contributed by atoms with Crippen molar-refractivity contribution < 1.29 is 4.79 Å². The normalized spacial score (nSPS) is 22.3. The van der Waals surface area contributed by atoms with Gasteiger partial charge in [-0.15, -0.1) is 0 Å². The maximum atomic E-state index is 14.6. The van der Waals surface area contributed by atoms with E-state index < -0.39 is 5.41 Å². The van der Waals surface area contributed by atoms with Crippen LogP contribution in [0, 0.1) is 5.41 Å². The molecule has 0 radical (unpaired) electrons. The molecule has 2 unspecified atom stereocenters. The van der Waals surface area contributed by atoms with Crippen LogP contribution >= 0.6 is 23.2 Å². The number of hydrogen-bond acceptors (Lipinski definition) is 3. The molecule has 1 saturated carbocycles. The summed E-state index contributed by atoms with van der Waals surface area (Å²) < 4.78 is 0. The number of aromatic nitrogens is 2. The van der Waals surface area contributed by atoms with Crippen LogP contribution in [0.5, 0.6) is 0 Å². The fourth-order valence-electron chi connectivity index (χ4n) is 6.45. The number of carbonyl (C=O) groups is 1. The molecule has 4 nitrogen and oxygen atoms in total. The van der Waals surface area contributed by atoms with Gasteiger partial charge in [0.1, 0.15) is 0 Å². The van der Waals surface area contributed by atoms with Gasteiger partial charge in [0.15, 0.2) is 0 Å². The van der Waals surface area contributed by atoms with Gasteiger partial charge < -0.3 is 4.90 Å². The summed E-state index contributed by atoms with van der Waals surface area (Å²) in [7, 11) is 0. The zero-order valence-electron chi connectivity index (χ0n) is 19.4. The van der Waals surface area contributed by atoms with Gasteiger partial charge in [0, 0.05) is 17.8 Å². The smallest absolute Gasteiger partial charge is 0.239 e. The van der Waals surface area contributed by atoms with E-state index in [-0.39, 0.29) is 17.2 Å². The first-order valence-electron chi connectivity index (χ1n) is 11.8. The van der Waals surface area contributed by atoms with Crippen molar-refractivity contribution in [2.45, 2.75) is 44.9 Å². The molecule has 1 heterocycles. The standard InChI is InChI=1S/C28H25Cl2N3O/c1-4-33(23-11-7-9-16-8-5-6-10-17(16)23)26(34)28-13-12-18(27(28,2)3)24-25(28)32-22-15-20(30)19(29)14-21(22)31-24/h5-11,14-15,18H,4,12-13H2,1-3H3. The summed E-state index contributed by atoms with van der Waals surface area (Å²) in [5, 5.41) is 3.10. The molecule has 1 aromatic heterocycles. The van der Waals surface area contributed by atoms with Crippen molar-refractivity contribution in [2.24, 2.45) is 5.41 Å². The molecule has 34 heavy (non-hydrogen) atoms. The van der Waals surface area contributed by atoms with Crippen LogP contribution in [-0.2, 0) is 10.2 Å². The maximum absolute atomic E-state index is 14.6.